The Hall–Kier alpha value is -2.96. The predicted octanol–water partition coefficient (Wildman–Crippen LogP) is 2.72. The zero-order valence-electron chi connectivity index (χ0n) is 15.4. The van der Waals surface area contributed by atoms with Crippen LogP contribution in [0.1, 0.15) is 19.4 Å². The van der Waals surface area contributed by atoms with Crippen molar-refractivity contribution in [3.8, 4) is 0 Å². The summed E-state index contributed by atoms with van der Waals surface area (Å²) in [4.78, 5) is 28.9. The average molecular weight is 367 g/mol. The van der Waals surface area contributed by atoms with Crippen molar-refractivity contribution in [2.75, 3.05) is 31.1 Å². The summed E-state index contributed by atoms with van der Waals surface area (Å²) in [6, 6.07) is 6.41. The van der Waals surface area contributed by atoms with Gasteiger partial charge in [0.1, 0.15) is 5.82 Å². The van der Waals surface area contributed by atoms with Crippen LogP contribution in [0, 0.1) is 5.82 Å². The van der Waals surface area contributed by atoms with E-state index in [0.29, 0.717) is 37.6 Å². The molecule has 0 radical (unpaired) electrons. The largest absolute Gasteiger partial charge is 0.361 e. The summed E-state index contributed by atoms with van der Waals surface area (Å²) >= 11 is 0. The molecule has 27 heavy (non-hydrogen) atoms. The molecule has 0 bridgehead atoms. The smallest absolute Gasteiger partial charge is 0.232 e. The van der Waals surface area contributed by atoms with Gasteiger partial charge < -0.3 is 14.8 Å². The number of aromatic amines is 1. The van der Waals surface area contributed by atoms with Crippen LogP contribution in [0.25, 0.3) is 10.9 Å². The molecule has 7 heteroatoms. The van der Waals surface area contributed by atoms with Crippen molar-refractivity contribution >= 4 is 22.8 Å². The number of carbonyl (C=O) groups is 1. The van der Waals surface area contributed by atoms with E-state index in [0.717, 1.165) is 10.9 Å². The number of fused-ring (bicyclic) bond motifs is 1. The maximum absolute atomic E-state index is 13.5. The van der Waals surface area contributed by atoms with Gasteiger partial charge in [-0.15, -0.1) is 0 Å². The van der Waals surface area contributed by atoms with Crippen LogP contribution in [0.2, 0.25) is 0 Å². The van der Waals surface area contributed by atoms with Crippen molar-refractivity contribution in [1.29, 1.82) is 0 Å². The standard InChI is InChI=1S/C20H22FN5O/c1-20(2,16-13-24-17-12-14(21)4-5-15(16)17)18(27)25-8-10-26(11-9-25)19-22-6-3-7-23-19/h3-7,12-13,24H,8-11H2,1-2H3. The number of carbonyl (C=O) groups excluding carboxylic acids is 1. The van der Waals surface area contributed by atoms with E-state index >= 15 is 0 Å². The molecule has 1 saturated heterocycles. The number of amides is 1. The maximum atomic E-state index is 13.5. The molecule has 0 unspecified atom stereocenters. The van der Waals surface area contributed by atoms with Crippen molar-refractivity contribution in [3.05, 3.63) is 54.2 Å². The number of hydrogen-bond donors (Lipinski definition) is 1. The van der Waals surface area contributed by atoms with Gasteiger partial charge in [-0.1, -0.05) is 0 Å². The number of halogens is 1. The number of H-pyrrole nitrogens is 1. The second kappa shape index (κ2) is 6.64. The van der Waals surface area contributed by atoms with Crippen LogP contribution in [-0.4, -0.2) is 51.9 Å². The normalized spacial score (nSPS) is 15.4. The first kappa shape index (κ1) is 17.5. The first-order valence-electron chi connectivity index (χ1n) is 9.05. The molecule has 3 heterocycles. The summed E-state index contributed by atoms with van der Waals surface area (Å²) < 4.78 is 13.5. The Morgan fingerprint density at radius 3 is 2.56 bits per heavy atom. The van der Waals surface area contributed by atoms with E-state index in [1.54, 1.807) is 24.5 Å². The van der Waals surface area contributed by atoms with Gasteiger partial charge in [0.25, 0.3) is 0 Å². The van der Waals surface area contributed by atoms with Gasteiger partial charge in [-0.3, -0.25) is 4.79 Å². The van der Waals surface area contributed by atoms with Gasteiger partial charge in [0.05, 0.1) is 5.41 Å². The highest BCUT2D eigenvalue weighted by Crippen LogP contribution is 2.32. The second-order valence-corrected chi connectivity index (χ2v) is 7.35. The van der Waals surface area contributed by atoms with Crippen molar-refractivity contribution in [2.24, 2.45) is 0 Å². The lowest BCUT2D eigenvalue weighted by atomic mass is 9.82. The zero-order valence-corrected chi connectivity index (χ0v) is 15.4. The Morgan fingerprint density at radius 2 is 1.85 bits per heavy atom. The molecule has 1 aliphatic heterocycles. The van der Waals surface area contributed by atoms with E-state index in [9.17, 15) is 9.18 Å². The number of benzene rings is 1. The summed E-state index contributed by atoms with van der Waals surface area (Å²) in [7, 11) is 0. The molecule has 6 nitrogen and oxygen atoms in total. The molecular weight excluding hydrogens is 345 g/mol. The van der Waals surface area contributed by atoms with Gasteiger partial charge in [-0.05, 0) is 43.7 Å². The monoisotopic (exact) mass is 367 g/mol. The van der Waals surface area contributed by atoms with Crippen LogP contribution in [0.5, 0.6) is 0 Å². The minimum Gasteiger partial charge on any atom is -0.361 e. The molecule has 140 valence electrons. The van der Waals surface area contributed by atoms with E-state index in [-0.39, 0.29) is 11.7 Å². The fourth-order valence-corrected chi connectivity index (χ4v) is 3.69. The van der Waals surface area contributed by atoms with Gasteiger partial charge in [0.15, 0.2) is 0 Å². The van der Waals surface area contributed by atoms with Crippen LogP contribution in [0.4, 0.5) is 10.3 Å². The maximum Gasteiger partial charge on any atom is 0.232 e. The molecular formula is C20H22FN5O. The Bertz CT molecular complexity index is 961. The van der Waals surface area contributed by atoms with Gasteiger partial charge in [-0.25, -0.2) is 14.4 Å². The molecule has 0 aliphatic carbocycles. The summed E-state index contributed by atoms with van der Waals surface area (Å²) in [5, 5.41) is 0.881. The van der Waals surface area contributed by atoms with Gasteiger partial charge in [-0.2, -0.15) is 0 Å². The van der Waals surface area contributed by atoms with Crippen molar-refractivity contribution in [2.45, 2.75) is 19.3 Å². The van der Waals surface area contributed by atoms with Gasteiger partial charge >= 0.3 is 0 Å². The summed E-state index contributed by atoms with van der Waals surface area (Å²) in [6.07, 6.45) is 5.27. The van der Waals surface area contributed by atoms with Crippen LogP contribution < -0.4 is 4.90 Å². The molecule has 4 rings (SSSR count). The molecule has 1 amide bonds. The third-order valence-electron chi connectivity index (χ3n) is 5.25. The lowest BCUT2D eigenvalue weighted by Gasteiger charge is -2.38. The number of anilines is 1. The molecule has 1 fully saturated rings. The lowest BCUT2D eigenvalue weighted by Crippen LogP contribution is -2.53. The molecule has 0 atom stereocenters. The molecule has 1 aromatic carbocycles. The van der Waals surface area contributed by atoms with E-state index in [1.165, 1.54) is 12.1 Å². The van der Waals surface area contributed by atoms with E-state index in [1.807, 2.05) is 24.9 Å². The third kappa shape index (κ3) is 3.13. The quantitative estimate of drug-likeness (QED) is 0.773. The fourth-order valence-electron chi connectivity index (χ4n) is 3.69. The molecule has 1 N–H and O–H groups in total. The second-order valence-electron chi connectivity index (χ2n) is 7.35. The van der Waals surface area contributed by atoms with Gasteiger partial charge in [0, 0.05) is 55.7 Å². The summed E-state index contributed by atoms with van der Waals surface area (Å²) in [6.45, 7) is 6.49. The minimum atomic E-state index is -0.707. The highest BCUT2D eigenvalue weighted by molar-refractivity contribution is 5.94. The van der Waals surface area contributed by atoms with Crippen LogP contribution in [0.15, 0.2) is 42.9 Å². The Balaban J connectivity index is 1.52. The first-order valence-corrected chi connectivity index (χ1v) is 9.05. The number of rotatable bonds is 3. The van der Waals surface area contributed by atoms with Crippen LogP contribution in [0.3, 0.4) is 0 Å². The van der Waals surface area contributed by atoms with E-state index in [4.69, 9.17) is 0 Å². The lowest BCUT2D eigenvalue weighted by molar-refractivity contribution is -0.136. The minimum absolute atomic E-state index is 0.0707. The Labute approximate surface area is 157 Å². The molecule has 2 aromatic heterocycles. The predicted molar refractivity (Wildman–Crippen MR) is 102 cm³/mol. The first-order chi connectivity index (χ1) is 13.0. The van der Waals surface area contributed by atoms with Crippen molar-refractivity contribution in [1.82, 2.24) is 19.9 Å². The molecule has 1 aliphatic rings. The molecule has 0 saturated carbocycles. The summed E-state index contributed by atoms with van der Waals surface area (Å²) in [5.41, 5.74) is 0.884. The van der Waals surface area contributed by atoms with E-state index in [2.05, 4.69) is 19.9 Å². The molecule has 3 aromatic rings. The zero-order chi connectivity index (χ0) is 19.0. The van der Waals surface area contributed by atoms with Crippen LogP contribution in [-0.2, 0) is 10.2 Å². The highest BCUT2D eigenvalue weighted by atomic mass is 19.1. The summed E-state index contributed by atoms with van der Waals surface area (Å²) in [5.74, 6) is 0.475. The van der Waals surface area contributed by atoms with Crippen LogP contribution >= 0.6 is 0 Å². The molecule has 0 spiro atoms. The highest BCUT2D eigenvalue weighted by Gasteiger charge is 2.37. The number of nitrogens with one attached hydrogen (secondary N) is 1. The SMILES string of the molecule is CC(C)(C(=O)N1CCN(c2ncccn2)CC1)c1c[nH]c2cc(F)ccc12. The number of aromatic nitrogens is 3. The number of hydrogen-bond acceptors (Lipinski definition) is 4. The Morgan fingerprint density at radius 1 is 1.15 bits per heavy atom. The van der Waals surface area contributed by atoms with Crippen molar-refractivity contribution in [3.63, 3.8) is 0 Å². The number of piperazine rings is 1. The number of nitrogens with zero attached hydrogens (tertiary/aromatic N) is 4. The van der Waals surface area contributed by atoms with Crippen molar-refractivity contribution < 1.29 is 9.18 Å². The third-order valence-corrected chi connectivity index (χ3v) is 5.25. The average Bonchev–Trinajstić information content (AvgIpc) is 3.12. The van der Waals surface area contributed by atoms with Gasteiger partial charge in [0.2, 0.25) is 11.9 Å². The van der Waals surface area contributed by atoms with E-state index < -0.39 is 5.41 Å². The fraction of sp³-hybridized carbons (Fsp3) is 0.350. The topological polar surface area (TPSA) is 65.1 Å². The Kier molecular flexibility index (Phi) is 4.30.